The number of ether oxygens (including phenoxy) is 2. The Hall–Kier alpha value is -4.93. The van der Waals surface area contributed by atoms with Crippen molar-refractivity contribution in [3.63, 3.8) is 0 Å². The lowest BCUT2D eigenvalue weighted by molar-refractivity contribution is -0.145. The third kappa shape index (κ3) is 20.3. The summed E-state index contributed by atoms with van der Waals surface area (Å²) in [6, 6.07) is 5.17. The zero-order chi connectivity index (χ0) is 47.8. The van der Waals surface area contributed by atoms with E-state index in [1.165, 1.54) is 4.90 Å². The molecule has 1 fully saturated rings. The molecule has 6 atom stereocenters. The average molecular weight is 901 g/mol. The number of rotatable bonds is 27. The van der Waals surface area contributed by atoms with Crippen molar-refractivity contribution in [2.75, 3.05) is 33.2 Å². The molecule has 0 radical (unpaired) electrons. The predicted octanol–water partition coefficient (Wildman–Crippen LogP) is 4.90. The van der Waals surface area contributed by atoms with Gasteiger partial charge in [-0.2, -0.15) is 0 Å². The fourth-order valence-electron chi connectivity index (χ4n) is 7.74. The van der Waals surface area contributed by atoms with Crippen molar-refractivity contribution in [3.05, 3.63) is 35.9 Å². The van der Waals surface area contributed by atoms with Crippen molar-refractivity contribution in [3.8, 4) is 0 Å². The van der Waals surface area contributed by atoms with Crippen LogP contribution in [0.2, 0.25) is 0 Å². The van der Waals surface area contributed by atoms with E-state index < -0.39 is 65.6 Å². The van der Waals surface area contributed by atoms with E-state index in [9.17, 15) is 33.6 Å². The molecule has 17 heteroatoms. The number of nitrogens with zero attached hydrogens (tertiary/aromatic N) is 2. The smallest absolute Gasteiger partial charge is 0.407 e. The summed E-state index contributed by atoms with van der Waals surface area (Å²) in [6.07, 6.45) is 7.44. The second kappa shape index (κ2) is 28.8. The summed E-state index contributed by atoms with van der Waals surface area (Å²) in [6.45, 7) is 15.6. The lowest BCUT2D eigenvalue weighted by Crippen LogP contribution is -2.61. The van der Waals surface area contributed by atoms with Crippen LogP contribution in [0, 0.1) is 11.8 Å². The van der Waals surface area contributed by atoms with Gasteiger partial charge in [-0.1, -0.05) is 103 Å². The highest BCUT2D eigenvalue weighted by Gasteiger charge is 2.38. The monoisotopic (exact) mass is 901 g/mol. The first-order valence-electron chi connectivity index (χ1n) is 23.4. The topological polar surface area (TPSA) is 231 Å². The predicted molar refractivity (Wildman–Crippen MR) is 247 cm³/mol. The van der Waals surface area contributed by atoms with Gasteiger partial charge < -0.3 is 46.7 Å². The molecule has 7 N–H and O–H groups in total. The largest absolute Gasteiger partial charge is 0.445 e. The number of nitrogens with one attached hydrogen (secondary N) is 5. The van der Waals surface area contributed by atoms with Crippen LogP contribution < -0.4 is 32.3 Å². The Morgan fingerprint density at radius 3 is 2.00 bits per heavy atom. The zero-order valence-corrected chi connectivity index (χ0v) is 40.1. The molecule has 0 aromatic heterocycles. The van der Waals surface area contributed by atoms with Gasteiger partial charge in [-0.15, -0.1) is 0 Å². The van der Waals surface area contributed by atoms with Gasteiger partial charge in [-0.3, -0.25) is 28.9 Å². The van der Waals surface area contributed by atoms with Crippen molar-refractivity contribution in [1.82, 2.24) is 36.4 Å². The maximum Gasteiger partial charge on any atom is 0.407 e. The van der Waals surface area contributed by atoms with Crippen LogP contribution >= 0.6 is 0 Å². The molecular formula is C47H80N8O9. The highest BCUT2D eigenvalue weighted by molar-refractivity contribution is 5.95. The third-order valence-electron chi connectivity index (χ3n) is 11.4. The van der Waals surface area contributed by atoms with Gasteiger partial charge in [0.2, 0.25) is 29.5 Å². The minimum atomic E-state index is -1.27. The van der Waals surface area contributed by atoms with E-state index in [2.05, 4.69) is 45.3 Å². The van der Waals surface area contributed by atoms with E-state index in [0.717, 1.165) is 50.5 Å². The Morgan fingerprint density at radius 1 is 0.766 bits per heavy atom. The molecule has 1 aliphatic carbocycles. The number of benzene rings is 1. The first-order valence-corrected chi connectivity index (χ1v) is 23.4. The summed E-state index contributed by atoms with van der Waals surface area (Å²) in [5.41, 5.74) is 5.72. The van der Waals surface area contributed by atoms with Crippen LogP contribution in [0.1, 0.15) is 138 Å². The van der Waals surface area contributed by atoms with Crippen molar-refractivity contribution in [2.24, 2.45) is 17.6 Å². The van der Waals surface area contributed by atoms with Gasteiger partial charge in [0.05, 0.1) is 18.5 Å². The van der Waals surface area contributed by atoms with Crippen molar-refractivity contribution in [2.45, 2.75) is 175 Å². The summed E-state index contributed by atoms with van der Waals surface area (Å²) < 4.78 is 10.5. The molecule has 17 nitrogen and oxygen atoms in total. The summed E-state index contributed by atoms with van der Waals surface area (Å²) >= 11 is 0. The van der Waals surface area contributed by atoms with Gasteiger partial charge in [0.1, 0.15) is 30.3 Å². The Labute approximate surface area is 381 Å². The molecule has 0 saturated heterocycles. The van der Waals surface area contributed by atoms with Crippen LogP contribution in [0.5, 0.6) is 0 Å². The highest BCUT2D eigenvalue weighted by Crippen LogP contribution is 2.27. The highest BCUT2D eigenvalue weighted by atomic mass is 16.6. The molecule has 7 amide bonds. The van der Waals surface area contributed by atoms with Crippen LogP contribution in [0.4, 0.5) is 9.59 Å². The summed E-state index contributed by atoms with van der Waals surface area (Å²) in [4.78, 5) is 97.2. The lowest BCUT2D eigenvalue weighted by atomic mass is 9.83. The maximum absolute atomic E-state index is 14.7. The number of unbranched alkanes of at least 4 members (excludes halogenated alkanes) is 2. The van der Waals surface area contributed by atoms with Crippen LogP contribution in [0.25, 0.3) is 0 Å². The number of hydrogen-bond donors (Lipinski definition) is 6. The van der Waals surface area contributed by atoms with E-state index in [-0.39, 0.29) is 43.5 Å². The minimum Gasteiger partial charge on any atom is -0.445 e. The van der Waals surface area contributed by atoms with Gasteiger partial charge in [-0.25, -0.2) is 9.59 Å². The molecule has 1 saturated carbocycles. The Bertz CT molecular complexity index is 1620. The number of carbonyl (C=O) groups excluding carboxylic acids is 7. The first-order chi connectivity index (χ1) is 30.3. The van der Waals surface area contributed by atoms with Crippen LogP contribution in [0.3, 0.4) is 0 Å². The van der Waals surface area contributed by atoms with Crippen LogP contribution in [-0.2, 0) is 40.1 Å². The molecule has 0 unspecified atom stereocenters. The minimum absolute atomic E-state index is 0.0787. The molecule has 0 bridgehead atoms. The average Bonchev–Trinajstić information content (AvgIpc) is 3.25. The van der Waals surface area contributed by atoms with Crippen molar-refractivity contribution in [1.29, 1.82) is 0 Å². The molecule has 0 heterocycles. The molecule has 1 aliphatic rings. The third-order valence-corrected chi connectivity index (χ3v) is 11.4. The quantitative estimate of drug-likeness (QED) is 0.0700. The van der Waals surface area contributed by atoms with E-state index >= 15 is 0 Å². The van der Waals surface area contributed by atoms with Gasteiger partial charge in [0.25, 0.3) is 0 Å². The molecule has 1 aromatic carbocycles. The molecule has 64 heavy (non-hydrogen) atoms. The van der Waals surface area contributed by atoms with Gasteiger partial charge >= 0.3 is 12.2 Å². The maximum atomic E-state index is 14.7. The van der Waals surface area contributed by atoms with E-state index in [0.29, 0.717) is 45.2 Å². The van der Waals surface area contributed by atoms with Crippen LogP contribution in [-0.4, -0.2) is 121 Å². The number of carbonyl (C=O) groups is 7. The Balaban J connectivity index is 2.24. The van der Waals surface area contributed by atoms with E-state index in [1.54, 1.807) is 34.7 Å². The zero-order valence-electron chi connectivity index (χ0n) is 40.1. The first kappa shape index (κ1) is 55.2. The van der Waals surface area contributed by atoms with E-state index in [1.807, 2.05) is 44.2 Å². The van der Waals surface area contributed by atoms with E-state index in [4.69, 9.17) is 15.2 Å². The fraction of sp³-hybridized carbons (Fsp3) is 0.723. The number of hydrogen-bond acceptors (Lipinski definition) is 10. The van der Waals surface area contributed by atoms with Crippen molar-refractivity contribution >= 4 is 41.7 Å². The van der Waals surface area contributed by atoms with Gasteiger partial charge in [-0.05, 0) is 77.8 Å². The molecule has 362 valence electrons. The second-order valence-corrected chi connectivity index (χ2v) is 18.2. The lowest BCUT2D eigenvalue weighted by Gasteiger charge is -2.38. The Kier molecular flexibility index (Phi) is 24.8. The fourth-order valence-corrected chi connectivity index (χ4v) is 7.74. The standard InChI is InChI=1S/C47H80N8O9/c1-10-13-26-38(55(27-14-11-2)30-33(5)51-41(57)32(4)28-49-45(61)63-31-34-22-17-15-18-23-34)44(60)54(9)37(21-12-3)42(58)53-39(35-24-19-16-20-25-35)43(59)52-36(40(48)56)29-50-46(62)64-47(6,7)8/h15,17-18,22-23,32-33,35-39H,10-14,16,19-21,24-31H2,1-9H3,(H2,48,56)(H,49,61)(H,50,62)(H,51,57)(H,52,59)(H,53,58)/t32-,33+,36-,37-,38-,39-/m0/s1. The molecular weight excluding hydrogens is 821 g/mol. The van der Waals surface area contributed by atoms with Crippen LogP contribution in [0.15, 0.2) is 30.3 Å². The van der Waals surface area contributed by atoms with Crippen molar-refractivity contribution < 1.29 is 43.0 Å². The number of likely N-dealkylation sites (N-methyl/N-ethyl adjacent to an activating group) is 1. The number of alkyl carbamates (subject to hydrolysis) is 2. The normalized spacial score (nSPS) is 15.9. The summed E-state index contributed by atoms with van der Waals surface area (Å²) in [7, 11) is 1.63. The summed E-state index contributed by atoms with van der Waals surface area (Å²) in [5, 5.41) is 13.9. The Morgan fingerprint density at radius 2 is 1.41 bits per heavy atom. The second-order valence-electron chi connectivity index (χ2n) is 18.2. The van der Waals surface area contributed by atoms with Gasteiger partial charge in [0.15, 0.2) is 0 Å². The SMILES string of the molecule is CCCC[C@@H](C(=O)N(C)[C@@H](CCC)C(=O)N[C@H](C(=O)N[C@@H](CNC(=O)OC(C)(C)C)C(N)=O)C1CCCCC1)N(CCCC)C[C@@H](C)NC(=O)[C@@H](C)CNC(=O)OCc1ccccc1. The number of nitrogens with two attached hydrogens (primary N) is 1. The molecule has 0 spiro atoms. The summed E-state index contributed by atoms with van der Waals surface area (Å²) in [5.74, 6) is -3.21. The van der Waals surface area contributed by atoms with Gasteiger partial charge in [0, 0.05) is 26.2 Å². The molecule has 2 rings (SSSR count). The molecule has 0 aliphatic heterocycles. The number of primary amides is 1. The molecule has 1 aromatic rings. The number of amides is 7.